The molecule has 0 aliphatic carbocycles. The lowest BCUT2D eigenvalue weighted by Crippen LogP contribution is -2.51. The molecular formula is C16H27N5O3. The summed E-state index contributed by atoms with van der Waals surface area (Å²) in [5.41, 5.74) is 0. The van der Waals surface area contributed by atoms with Crippen LogP contribution in [0.1, 0.15) is 31.5 Å². The van der Waals surface area contributed by atoms with E-state index < -0.39 is 0 Å². The highest BCUT2D eigenvalue weighted by molar-refractivity contribution is 5.78. The van der Waals surface area contributed by atoms with Crippen molar-refractivity contribution < 1.29 is 14.1 Å². The van der Waals surface area contributed by atoms with Crippen molar-refractivity contribution in [3.05, 3.63) is 11.7 Å². The number of nitrogens with zero attached hydrogens (tertiary/aromatic N) is 5. The highest BCUT2D eigenvalue weighted by Crippen LogP contribution is 2.12. The minimum atomic E-state index is 0.213. The molecule has 0 N–H and O–H groups in total. The Bertz CT molecular complexity index is 534. The maximum atomic E-state index is 12.3. The summed E-state index contributed by atoms with van der Waals surface area (Å²) in [6.07, 6.45) is 0. The zero-order valence-electron chi connectivity index (χ0n) is 14.6. The van der Waals surface area contributed by atoms with Crippen molar-refractivity contribution in [1.82, 2.24) is 24.8 Å². The first kappa shape index (κ1) is 17.3. The Morgan fingerprint density at radius 2 is 1.75 bits per heavy atom. The molecule has 0 aromatic carbocycles. The number of hydrogen-bond donors (Lipinski definition) is 0. The van der Waals surface area contributed by atoms with E-state index in [1.54, 1.807) is 0 Å². The van der Waals surface area contributed by atoms with Crippen molar-refractivity contribution in [3.8, 4) is 0 Å². The fraction of sp³-hybridized carbons (Fsp3) is 0.812. The van der Waals surface area contributed by atoms with Gasteiger partial charge in [0.1, 0.15) is 0 Å². The maximum Gasteiger partial charge on any atom is 0.240 e. The number of amides is 1. The van der Waals surface area contributed by atoms with E-state index in [-0.39, 0.29) is 11.8 Å². The molecule has 2 aliphatic rings. The van der Waals surface area contributed by atoms with Crippen LogP contribution in [0.5, 0.6) is 0 Å². The minimum absolute atomic E-state index is 0.213. The number of carbonyl (C=O) groups excluding carboxylic acids is 1. The molecule has 24 heavy (non-hydrogen) atoms. The Kier molecular flexibility index (Phi) is 5.80. The molecule has 0 saturated carbocycles. The first-order chi connectivity index (χ1) is 11.6. The highest BCUT2D eigenvalue weighted by Gasteiger charge is 2.24. The molecule has 1 aromatic rings. The van der Waals surface area contributed by atoms with E-state index in [0.29, 0.717) is 45.3 Å². The Labute approximate surface area is 142 Å². The van der Waals surface area contributed by atoms with E-state index in [2.05, 4.69) is 33.8 Å². The summed E-state index contributed by atoms with van der Waals surface area (Å²) in [6, 6.07) is 0. The van der Waals surface area contributed by atoms with E-state index in [0.717, 1.165) is 32.0 Å². The second-order valence-corrected chi connectivity index (χ2v) is 6.75. The Morgan fingerprint density at radius 1 is 1.08 bits per heavy atom. The van der Waals surface area contributed by atoms with Crippen LogP contribution in [-0.4, -0.2) is 89.8 Å². The molecule has 0 atom stereocenters. The van der Waals surface area contributed by atoms with Crippen molar-refractivity contribution >= 4 is 5.91 Å². The topological polar surface area (TPSA) is 74.9 Å². The molecule has 0 unspecified atom stereocenters. The van der Waals surface area contributed by atoms with Gasteiger partial charge in [0.2, 0.25) is 11.8 Å². The molecule has 0 spiro atoms. The van der Waals surface area contributed by atoms with Gasteiger partial charge in [0.25, 0.3) is 0 Å². The molecule has 2 fully saturated rings. The van der Waals surface area contributed by atoms with E-state index in [4.69, 9.17) is 9.26 Å². The van der Waals surface area contributed by atoms with Crippen LogP contribution >= 0.6 is 0 Å². The third-order valence-corrected chi connectivity index (χ3v) is 4.55. The van der Waals surface area contributed by atoms with Gasteiger partial charge in [-0.1, -0.05) is 19.0 Å². The van der Waals surface area contributed by atoms with Crippen LogP contribution in [0.2, 0.25) is 0 Å². The lowest BCUT2D eigenvalue weighted by molar-refractivity contribution is -0.136. The molecule has 134 valence electrons. The van der Waals surface area contributed by atoms with Gasteiger partial charge in [0, 0.05) is 45.2 Å². The minimum Gasteiger partial charge on any atom is -0.378 e. The van der Waals surface area contributed by atoms with Crippen molar-refractivity contribution in [2.24, 2.45) is 0 Å². The molecule has 1 aromatic heterocycles. The summed E-state index contributed by atoms with van der Waals surface area (Å²) in [7, 11) is 0. The zero-order chi connectivity index (χ0) is 16.9. The smallest absolute Gasteiger partial charge is 0.240 e. The Morgan fingerprint density at radius 3 is 2.38 bits per heavy atom. The molecule has 2 aliphatic heterocycles. The van der Waals surface area contributed by atoms with Gasteiger partial charge < -0.3 is 14.2 Å². The normalized spacial score (nSPS) is 20.7. The predicted octanol–water partition coefficient (Wildman–Crippen LogP) is 0.169. The fourth-order valence-corrected chi connectivity index (χ4v) is 2.97. The number of piperazine rings is 1. The molecule has 3 rings (SSSR count). The third kappa shape index (κ3) is 4.52. The number of rotatable bonds is 5. The highest BCUT2D eigenvalue weighted by atomic mass is 16.5. The first-order valence-corrected chi connectivity index (χ1v) is 8.74. The van der Waals surface area contributed by atoms with Gasteiger partial charge in [-0.25, -0.2) is 0 Å². The van der Waals surface area contributed by atoms with E-state index in [9.17, 15) is 4.79 Å². The van der Waals surface area contributed by atoms with Gasteiger partial charge in [0.15, 0.2) is 5.82 Å². The molecule has 1 amide bonds. The second kappa shape index (κ2) is 8.04. The molecule has 0 radical (unpaired) electrons. The van der Waals surface area contributed by atoms with Crippen LogP contribution in [-0.2, 0) is 16.1 Å². The van der Waals surface area contributed by atoms with Gasteiger partial charge in [0.05, 0.1) is 26.3 Å². The predicted molar refractivity (Wildman–Crippen MR) is 87.5 cm³/mol. The standard InChI is InChI=1S/C16H27N5O3/c1-13(2)16-17-14(24-18-16)11-19-3-5-20(6-4-19)12-15(22)21-7-9-23-10-8-21/h13H,3-12H2,1-2H3. The van der Waals surface area contributed by atoms with E-state index in [1.165, 1.54) is 0 Å². The zero-order valence-corrected chi connectivity index (χ0v) is 14.6. The second-order valence-electron chi connectivity index (χ2n) is 6.75. The SMILES string of the molecule is CC(C)c1noc(CN2CCN(CC(=O)N3CCOCC3)CC2)n1. The van der Waals surface area contributed by atoms with E-state index >= 15 is 0 Å². The maximum absolute atomic E-state index is 12.3. The molecule has 3 heterocycles. The molecule has 0 bridgehead atoms. The summed E-state index contributed by atoms with van der Waals surface area (Å²) < 4.78 is 10.6. The van der Waals surface area contributed by atoms with Crippen LogP contribution in [0.3, 0.4) is 0 Å². The molecular weight excluding hydrogens is 310 g/mol. The van der Waals surface area contributed by atoms with Crippen LogP contribution < -0.4 is 0 Å². The average molecular weight is 337 g/mol. The van der Waals surface area contributed by atoms with E-state index in [1.807, 2.05) is 4.90 Å². The van der Waals surface area contributed by atoms with Gasteiger partial charge in [-0.15, -0.1) is 0 Å². The summed E-state index contributed by atoms with van der Waals surface area (Å²) >= 11 is 0. The van der Waals surface area contributed by atoms with Crippen molar-refractivity contribution in [2.75, 3.05) is 59.0 Å². The summed E-state index contributed by atoms with van der Waals surface area (Å²) in [4.78, 5) is 23.1. The van der Waals surface area contributed by atoms with Crippen LogP contribution in [0.25, 0.3) is 0 Å². The lowest BCUT2D eigenvalue weighted by atomic mass is 10.2. The Balaban J connectivity index is 1.41. The van der Waals surface area contributed by atoms with Crippen LogP contribution in [0, 0.1) is 0 Å². The summed E-state index contributed by atoms with van der Waals surface area (Å²) in [6.45, 7) is 11.6. The number of ether oxygens (including phenoxy) is 1. The van der Waals surface area contributed by atoms with Crippen LogP contribution in [0.15, 0.2) is 4.52 Å². The summed E-state index contributed by atoms with van der Waals surface area (Å²) in [5, 5.41) is 4.00. The van der Waals surface area contributed by atoms with Gasteiger partial charge in [-0.05, 0) is 0 Å². The molecule has 2 saturated heterocycles. The monoisotopic (exact) mass is 337 g/mol. The van der Waals surface area contributed by atoms with Crippen molar-refractivity contribution in [1.29, 1.82) is 0 Å². The van der Waals surface area contributed by atoms with Crippen LogP contribution in [0.4, 0.5) is 0 Å². The largest absolute Gasteiger partial charge is 0.378 e. The quantitative estimate of drug-likeness (QED) is 0.758. The molecule has 8 nitrogen and oxygen atoms in total. The fourth-order valence-electron chi connectivity index (χ4n) is 2.97. The van der Waals surface area contributed by atoms with Gasteiger partial charge in [-0.2, -0.15) is 4.98 Å². The summed E-state index contributed by atoms with van der Waals surface area (Å²) in [5.74, 6) is 1.94. The number of morpholine rings is 1. The van der Waals surface area contributed by atoms with Gasteiger partial charge in [-0.3, -0.25) is 14.6 Å². The number of hydrogen-bond acceptors (Lipinski definition) is 7. The Hall–Kier alpha value is -1.51. The number of carbonyl (C=O) groups is 1. The third-order valence-electron chi connectivity index (χ3n) is 4.55. The van der Waals surface area contributed by atoms with Crippen molar-refractivity contribution in [2.45, 2.75) is 26.3 Å². The average Bonchev–Trinajstić information content (AvgIpc) is 3.06. The lowest BCUT2D eigenvalue weighted by Gasteiger charge is -2.35. The first-order valence-electron chi connectivity index (χ1n) is 8.74. The number of aromatic nitrogens is 2. The van der Waals surface area contributed by atoms with Gasteiger partial charge >= 0.3 is 0 Å². The van der Waals surface area contributed by atoms with Crippen molar-refractivity contribution in [3.63, 3.8) is 0 Å². The molecule has 8 heteroatoms.